The van der Waals surface area contributed by atoms with Gasteiger partial charge in [-0.25, -0.2) is 4.98 Å². The molecule has 1 aromatic carbocycles. The van der Waals surface area contributed by atoms with E-state index in [2.05, 4.69) is 30.6 Å². The van der Waals surface area contributed by atoms with Crippen LogP contribution in [0.5, 0.6) is 0 Å². The van der Waals surface area contributed by atoms with E-state index >= 15 is 0 Å². The number of aromatic nitrogens is 6. The van der Waals surface area contributed by atoms with Crippen molar-refractivity contribution in [3.8, 4) is 0 Å². The van der Waals surface area contributed by atoms with Crippen molar-refractivity contribution in [3.63, 3.8) is 0 Å². The summed E-state index contributed by atoms with van der Waals surface area (Å²) < 4.78 is 0. The summed E-state index contributed by atoms with van der Waals surface area (Å²) in [6.45, 7) is 0. The summed E-state index contributed by atoms with van der Waals surface area (Å²) in [5.74, 6) is 0. The fraction of sp³-hybridized carbons (Fsp3) is 0. The molecule has 0 aliphatic carbocycles. The van der Waals surface area contributed by atoms with Gasteiger partial charge in [0.15, 0.2) is 5.52 Å². The van der Waals surface area contributed by atoms with Gasteiger partial charge in [0, 0.05) is 0 Å². The summed E-state index contributed by atoms with van der Waals surface area (Å²) in [5.41, 5.74) is 3.26. The molecule has 0 aliphatic heterocycles. The number of fused-ring (bicyclic) bond motifs is 3. The van der Waals surface area contributed by atoms with Gasteiger partial charge in [-0.1, -0.05) is 5.21 Å². The number of hydrogen-bond donors (Lipinski definition) is 1. The van der Waals surface area contributed by atoms with Crippen LogP contribution in [0.4, 0.5) is 0 Å². The standard InChI is InChI=1S/C7H4N6/c1-2-5-7(11-13-12-10-5)6-4(1)8-3-9-6/h1-3H,(H,10,13)/p+1. The molecule has 0 aliphatic rings. The van der Waals surface area contributed by atoms with Crippen molar-refractivity contribution in [3.05, 3.63) is 18.5 Å². The number of rotatable bonds is 0. The summed E-state index contributed by atoms with van der Waals surface area (Å²) in [4.78, 5) is 7.11. The summed E-state index contributed by atoms with van der Waals surface area (Å²) in [6.07, 6.45) is 1.63. The number of benzene rings is 1. The summed E-state index contributed by atoms with van der Waals surface area (Å²) >= 11 is 0. The first-order valence-electron chi connectivity index (χ1n) is 3.78. The van der Waals surface area contributed by atoms with Crippen molar-refractivity contribution in [1.29, 1.82) is 0 Å². The monoisotopic (exact) mass is 173 g/mol. The van der Waals surface area contributed by atoms with E-state index in [1.807, 2.05) is 12.1 Å². The number of nitrogens with zero attached hydrogens (tertiary/aromatic N) is 4. The maximum atomic E-state index is 4.11. The number of imidazole rings is 1. The Morgan fingerprint density at radius 1 is 1.23 bits per heavy atom. The number of hydrogen-bond acceptors (Lipinski definition) is 4. The predicted octanol–water partition coefficient (Wildman–Crippen LogP) is -0.285. The minimum absolute atomic E-state index is 0.746. The SMILES string of the molecule is c1nc2ccc3nn[nH]nc3c2[nH+]1. The molecule has 0 spiro atoms. The van der Waals surface area contributed by atoms with Gasteiger partial charge in [0.2, 0.25) is 11.0 Å². The fourth-order valence-corrected chi connectivity index (χ4v) is 1.33. The Hall–Kier alpha value is -2.11. The van der Waals surface area contributed by atoms with Gasteiger partial charge in [0.1, 0.15) is 5.52 Å². The zero-order valence-corrected chi connectivity index (χ0v) is 6.52. The van der Waals surface area contributed by atoms with Crippen LogP contribution in [0.2, 0.25) is 0 Å². The Kier molecular flexibility index (Phi) is 1.08. The van der Waals surface area contributed by atoms with Gasteiger partial charge in [-0.2, -0.15) is 5.21 Å². The average Bonchev–Trinajstić information content (AvgIpc) is 2.65. The molecule has 2 aromatic heterocycles. The van der Waals surface area contributed by atoms with E-state index in [0.717, 1.165) is 22.1 Å². The normalized spacial score (nSPS) is 11.1. The van der Waals surface area contributed by atoms with E-state index < -0.39 is 0 Å². The maximum Gasteiger partial charge on any atom is 0.285 e. The molecule has 0 bridgehead atoms. The molecule has 0 unspecified atom stereocenters. The van der Waals surface area contributed by atoms with Gasteiger partial charge in [-0.3, -0.25) is 0 Å². The van der Waals surface area contributed by atoms with Gasteiger partial charge in [0.05, 0.1) is 0 Å². The van der Waals surface area contributed by atoms with Crippen molar-refractivity contribution in [2.24, 2.45) is 0 Å². The van der Waals surface area contributed by atoms with Crippen LogP contribution in [0.3, 0.4) is 0 Å². The smallest absolute Gasteiger partial charge is 0.238 e. The van der Waals surface area contributed by atoms with Gasteiger partial charge < -0.3 is 0 Å². The lowest BCUT2D eigenvalue weighted by molar-refractivity contribution is -0.343. The Bertz CT molecular complexity index is 571. The van der Waals surface area contributed by atoms with Crippen LogP contribution >= 0.6 is 0 Å². The Balaban J connectivity index is 2.65. The quantitative estimate of drug-likeness (QED) is 0.506. The highest BCUT2D eigenvalue weighted by molar-refractivity contribution is 5.96. The van der Waals surface area contributed by atoms with Crippen LogP contribution in [-0.2, 0) is 0 Å². The van der Waals surface area contributed by atoms with Crippen molar-refractivity contribution < 1.29 is 4.98 Å². The van der Waals surface area contributed by atoms with E-state index in [4.69, 9.17) is 0 Å². The van der Waals surface area contributed by atoms with Crippen molar-refractivity contribution in [1.82, 2.24) is 25.6 Å². The van der Waals surface area contributed by atoms with E-state index in [-0.39, 0.29) is 0 Å². The highest BCUT2D eigenvalue weighted by Crippen LogP contribution is 2.14. The zero-order chi connectivity index (χ0) is 8.67. The van der Waals surface area contributed by atoms with Crippen LogP contribution in [0.15, 0.2) is 18.5 Å². The molecule has 6 nitrogen and oxygen atoms in total. The third-order valence-corrected chi connectivity index (χ3v) is 1.91. The Labute approximate surface area is 72.0 Å². The zero-order valence-electron chi connectivity index (χ0n) is 6.52. The second-order valence-corrected chi connectivity index (χ2v) is 2.64. The van der Waals surface area contributed by atoms with Crippen LogP contribution in [-0.4, -0.2) is 25.6 Å². The minimum Gasteiger partial charge on any atom is -0.238 e. The van der Waals surface area contributed by atoms with E-state index in [1.165, 1.54) is 0 Å². The van der Waals surface area contributed by atoms with Crippen molar-refractivity contribution in [2.75, 3.05) is 0 Å². The Morgan fingerprint density at radius 2 is 2.15 bits per heavy atom. The van der Waals surface area contributed by atoms with Crippen molar-refractivity contribution in [2.45, 2.75) is 0 Å². The van der Waals surface area contributed by atoms with Gasteiger partial charge >= 0.3 is 0 Å². The third kappa shape index (κ3) is 0.792. The largest absolute Gasteiger partial charge is 0.285 e. The lowest BCUT2D eigenvalue weighted by Crippen LogP contribution is -1.99. The summed E-state index contributed by atoms with van der Waals surface area (Å²) in [5, 5.41) is 13.9. The van der Waals surface area contributed by atoms with Crippen LogP contribution in [0.1, 0.15) is 0 Å². The van der Waals surface area contributed by atoms with E-state index in [0.29, 0.717) is 0 Å². The number of nitrogens with one attached hydrogen (secondary N) is 2. The van der Waals surface area contributed by atoms with Crippen LogP contribution in [0, 0.1) is 0 Å². The number of aromatic amines is 2. The molecule has 0 saturated heterocycles. The molecule has 0 saturated carbocycles. The number of H-pyrrole nitrogens is 2. The molecule has 0 atom stereocenters. The lowest BCUT2D eigenvalue weighted by Gasteiger charge is -1.90. The van der Waals surface area contributed by atoms with E-state index in [1.54, 1.807) is 6.33 Å². The molecular weight excluding hydrogens is 168 g/mol. The molecular formula is C7H5N6+. The van der Waals surface area contributed by atoms with Crippen LogP contribution < -0.4 is 4.98 Å². The molecule has 0 radical (unpaired) electrons. The Morgan fingerprint density at radius 3 is 3.15 bits per heavy atom. The highest BCUT2D eigenvalue weighted by atomic mass is 15.4. The van der Waals surface area contributed by atoms with E-state index in [9.17, 15) is 0 Å². The molecule has 6 heteroatoms. The first-order valence-corrected chi connectivity index (χ1v) is 3.78. The van der Waals surface area contributed by atoms with Crippen molar-refractivity contribution >= 4 is 22.1 Å². The molecule has 2 heterocycles. The second-order valence-electron chi connectivity index (χ2n) is 2.64. The van der Waals surface area contributed by atoms with Gasteiger partial charge in [-0.15, -0.1) is 10.2 Å². The molecule has 3 rings (SSSR count). The molecule has 3 aromatic rings. The van der Waals surface area contributed by atoms with Gasteiger partial charge in [-0.05, 0) is 17.1 Å². The molecule has 62 valence electrons. The highest BCUT2D eigenvalue weighted by Gasteiger charge is 2.10. The predicted molar refractivity (Wildman–Crippen MR) is 43.5 cm³/mol. The first kappa shape index (κ1) is 6.41. The maximum absolute atomic E-state index is 4.11. The fourth-order valence-electron chi connectivity index (χ4n) is 1.33. The average molecular weight is 173 g/mol. The molecule has 0 fully saturated rings. The summed E-state index contributed by atoms with van der Waals surface area (Å²) in [6, 6.07) is 3.72. The first-order chi connectivity index (χ1) is 6.45. The second kappa shape index (κ2) is 2.19. The minimum atomic E-state index is 0.746. The molecule has 13 heavy (non-hydrogen) atoms. The van der Waals surface area contributed by atoms with Crippen LogP contribution in [0.25, 0.3) is 22.1 Å². The molecule has 0 amide bonds. The third-order valence-electron chi connectivity index (χ3n) is 1.91. The summed E-state index contributed by atoms with van der Waals surface area (Å²) in [7, 11) is 0. The van der Waals surface area contributed by atoms with Gasteiger partial charge in [0.25, 0.3) is 6.33 Å². The topological polar surface area (TPSA) is 81.5 Å². The molecule has 2 N–H and O–H groups in total. The lowest BCUT2D eigenvalue weighted by atomic mass is 10.3.